The summed E-state index contributed by atoms with van der Waals surface area (Å²) in [6.07, 6.45) is 4.48. The van der Waals surface area contributed by atoms with Crippen LogP contribution in [-0.2, 0) is 17.6 Å². The third-order valence-corrected chi connectivity index (χ3v) is 7.40. The largest absolute Gasteiger partial charge is 0.390 e. The summed E-state index contributed by atoms with van der Waals surface area (Å²) in [5.74, 6) is 0.826. The molecule has 1 aromatic carbocycles. The summed E-state index contributed by atoms with van der Waals surface area (Å²) in [7, 11) is -1.41. The van der Waals surface area contributed by atoms with Crippen molar-refractivity contribution in [2.75, 3.05) is 0 Å². The van der Waals surface area contributed by atoms with Crippen molar-refractivity contribution in [3.63, 3.8) is 0 Å². The fourth-order valence-electron chi connectivity index (χ4n) is 4.25. The summed E-state index contributed by atoms with van der Waals surface area (Å²) >= 11 is 0. The minimum Gasteiger partial charge on any atom is -0.390 e. The van der Waals surface area contributed by atoms with Crippen molar-refractivity contribution in [2.45, 2.75) is 57.3 Å². The van der Waals surface area contributed by atoms with Crippen LogP contribution in [0.2, 0.25) is 0 Å². The fourth-order valence-corrected chi connectivity index (χ4v) is 4.62. The summed E-state index contributed by atoms with van der Waals surface area (Å²) in [5, 5.41) is 20.7. The zero-order chi connectivity index (χ0) is 24.3. The Morgan fingerprint density at radius 1 is 1.12 bits per heavy atom. The lowest BCUT2D eigenvalue weighted by atomic mass is 9.89. The normalized spacial score (nSPS) is 13.8. The average Bonchev–Trinajstić information content (AvgIpc) is 3.27. The van der Waals surface area contributed by atoms with Crippen LogP contribution in [-0.4, -0.2) is 33.8 Å². The third-order valence-electron chi connectivity index (χ3n) is 6.15. The number of hydrogen-bond donors (Lipinski definition) is 2. The van der Waals surface area contributed by atoms with Gasteiger partial charge in [-0.3, -0.25) is 10.1 Å². The molecule has 0 bridgehead atoms. The molecule has 3 heterocycles. The monoisotopic (exact) mass is 477 g/mol. The van der Waals surface area contributed by atoms with Gasteiger partial charge >= 0.3 is 0 Å². The van der Waals surface area contributed by atoms with Crippen molar-refractivity contribution in [3.8, 4) is 17.1 Å². The van der Waals surface area contributed by atoms with Crippen molar-refractivity contribution in [1.29, 1.82) is 0 Å². The van der Waals surface area contributed by atoms with Crippen LogP contribution in [0.5, 0.6) is 0 Å². The lowest BCUT2D eigenvalue weighted by Crippen LogP contribution is -2.33. The highest BCUT2D eigenvalue weighted by Gasteiger charge is 2.29. The van der Waals surface area contributed by atoms with Gasteiger partial charge in [-0.1, -0.05) is 37.6 Å². The number of aliphatic hydroxyl groups is 1. The molecule has 0 spiro atoms. The Bertz CT molecular complexity index is 1320. The molecule has 1 unspecified atom stereocenters. The number of fused-ring (bicyclic) bond motifs is 1. The molecule has 34 heavy (non-hydrogen) atoms. The molecule has 3 aromatic heterocycles. The standard InChI is InChI=1S/C26H31N5O2S/c1-4-7-19(15-26(2,3)34(27)33)23-10-6-9-22(30-23)18-12-13-20-16-28-31(24(20)14-18)25-11-5-8-21(17-32)29-25/h5-6,8-14,16,19,32H,4,7,15,17,27H2,1-3H3/t19-,34?/m0/s1. The van der Waals surface area contributed by atoms with Crippen molar-refractivity contribution in [3.05, 3.63) is 72.2 Å². The highest BCUT2D eigenvalue weighted by Crippen LogP contribution is 2.33. The van der Waals surface area contributed by atoms with E-state index in [2.05, 4.69) is 23.1 Å². The van der Waals surface area contributed by atoms with Gasteiger partial charge in [-0.05, 0) is 57.0 Å². The van der Waals surface area contributed by atoms with Crippen LogP contribution in [0.15, 0.2) is 60.8 Å². The lowest BCUT2D eigenvalue weighted by Gasteiger charge is -2.27. The zero-order valence-electron chi connectivity index (χ0n) is 19.8. The maximum absolute atomic E-state index is 12.1. The third kappa shape index (κ3) is 5.09. The molecule has 0 aliphatic carbocycles. The van der Waals surface area contributed by atoms with Crippen LogP contribution in [0.3, 0.4) is 0 Å². The van der Waals surface area contributed by atoms with Crippen LogP contribution in [0, 0.1) is 0 Å². The number of hydrogen-bond acceptors (Lipinski definition) is 5. The van der Waals surface area contributed by atoms with Gasteiger partial charge in [0.1, 0.15) is 0 Å². The molecule has 0 aliphatic heterocycles. The van der Waals surface area contributed by atoms with E-state index in [0.29, 0.717) is 17.9 Å². The zero-order valence-corrected chi connectivity index (χ0v) is 20.6. The number of aliphatic hydroxyl groups excluding tert-OH is 1. The van der Waals surface area contributed by atoms with Crippen LogP contribution in [0.25, 0.3) is 28.0 Å². The molecular weight excluding hydrogens is 446 g/mol. The number of nitrogens with zero attached hydrogens (tertiary/aromatic N) is 4. The fraction of sp³-hybridized carbons (Fsp3) is 0.346. The number of rotatable bonds is 9. The average molecular weight is 478 g/mol. The second-order valence-electron chi connectivity index (χ2n) is 9.17. The maximum Gasteiger partial charge on any atom is 0.154 e. The predicted octanol–water partition coefficient (Wildman–Crippen LogP) is 4.65. The second-order valence-corrected chi connectivity index (χ2v) is 10.9. The molecule has 0 saturated heterocycles. The quantitative estimate of drug-likeness (QED) is 0.365. The van der Waals surface area contributed by atoms with Gasteiger partial charge in [0.2, 0.25) is 0 Å². The van der Waals surface area contributed by atoms with Gasteiger partial charge < -0.3 is 5.11 Å². The van der Waals surface area contributed by atoms with Crippen LogP contribution >= 0.6 is 0 Å². The summed E-state index contributed by atoms with van der Waals surface area (Å²) in [6.45, 7) is 5.93. The van der Waals surface area contributed by atoms with Gasteiger partial charge in [-0.25, -0.2) is 13.9 Å². The molecule has 0 amide bonds. The van der Waals surface area contributed by atoms with Crippen LogP contribution < -0.4 is 5.14 Å². The smallest absolute Gasteiger partial charge is 0.154 e. The Morgan fingerprint density at radius 3 is 2.65 bits per heavy atom. The molecule has 0 fully saturated rings. The van der Waals surface area contributed by atoms with Gasteiger partial charge in [0.25, 0.3) is 0 Å². The number of nitrogens with two attached hydrogens (primary N) is 1. The number of benzene rings is 1. The molecule has 3 N–H and O–H groups in total. The Hall–Kier alpha value is -2.94. The molecule has 0 saturated carbocycles. The minimum atomic E-state index is -1.41. The maximum atomic E-state index is 12.1. The predicted molar refractivity (Wildman–Crippen MR) is 137 cm³/mol. The first-order chi connectivity index (χ1) is 16.3. The van der Waals surface area contributed by atoms with Crippen molar-refractivity contribution >= 4 is 21.9 Å². The Morgan fingerprint density at radius 2 is 1.91 bits per heavy atom. The highest BCUT2D eigenvalue weighted by atomic mass is 32.2. The first-order valence-corrected chi connectivity index (χ1v) is 12.7. The van der Waals surface area contributed by atoms with Crippen LogP contribution in [0.1, 0.15) is 57.3 Å². The van der Waals surface area contributed by atoms with E-state index in [1.807, 2.05) is 62.5 Å². The molecule has 2 atom stereocenters. The molecule has 4 aromatic rings. The van der Waals surface area contributed by atoms with Gasteiger partial charge in [-0.2, -0.15) is 5.10 Å². The molecular formula is C26H31N5O2S. The van der Waals surface area contributed by atoms with Crippen LogP contribution in [0.4, 0.5) is 0 Å². The van der Waals surface area contributed by atoms with E-state index in [0.717, 1.165) is 40.7 Å². The van der Waals surface area contributed by atoms with E-state index in [9.17, 15) is 9.32 Å². The number of aromatic nitrogens is 4. The van der Waals surface area contributed by atoms with E-state index in [1.54, 1.807) is 10.7 Å². The Labute approximate surface area is 202 Å². The van der Waals surface area contributed by atoms with Gasteiger partial charge in [0.05, 0.1) is 45.4 Å². The number of pyridine rings is 2. The van der Waals surface area contributed by atoms with Gasteiger partial charge in [-0.15, -0.1) is 0 Å². The second kappa shape index (κ2) is 10.1. The molecule has 178 valence electrons. The minimum absolute atomic E-state index is 0.123. The first kappa shape index (κ1) is 24.2. The Balaban J connectivity index is 1.72. The summed E-state index contributed by atoms with van der Waals surface area (Å²) in [5.41, 5.74) is 4.35. The highest BCUT2D eigenvalue weighted by molar-refractivity contribution is 7.84. The van der Waals surface area contributed by atoms with E-state index in [4.69, 9.17) is 10.1 Å². The van der Waals surface area contributed by atoms with E-state index in [-0.39, 0.29) is 12.5 Å². The molecule has 0 aliphatic rings. The summed E-state index contributed by atoms with van der Waals surface area (Å²) in [4.78, 5) is 9.50. The topological polar surface area (TPSA) is 107 Å². The van der Waals surface area contributed by atoms with Crippen molar-refractivity contribution < 1.29 is 9.32 Å². The van der Waals surface area contributed by atoms with E-state index < -0.39 is 15.7 Å². The van der Waals surface area contributed by atoms with E-state index in [1.165, 1.54) is 0 Å². The lowest BCUT2D eigenvalue weighted by molar-refractivity contribution is 0.276. The van der Waals surface area contributed by atoms with Crippen molar-refractivity contribution in [1.82, 2.24) is 19.7 Å². The van der Waals surface area contributed by atoms with E-state index >= 15 is 0 Å². The van der Waals surface area contributed by atoms with Crippen molar-refractivity contribution in [2.24, 2.45) is 5.14 Å². The molecule has 4 rings (SSSR count). The molecule has 8 heteroatoms. The Kier molecular flexibility index (Phi) is 7.21. The SMILES string of the molecule is CCC[C@@H](CC(C)(C)S(N)=O)c1cccc(-c2ccc3cnn(-c4cccc(CO)n4)c3c2)n1. The van der Waals surface area contributed by atoms with Gasteiger partial charge in [0.15, 0.2) is 5.82 Å². The first-order valence-electron chi connectivity index (χ1n) is 11.5. The van der Waals surface area contributed by atoms with Gasteiger partial charge in [0, 0.05) is 22.6 Å². The summed E-state index contributed by atoms with van der Waals surface area (Å²) < 4.78 is 13.3. The molecule has 7 nitrogen and oxygen atoms in total. The summed E-state index contributed by atoms with van der Waals surface area (Å²) in [6, 6.07) is 17.7. The molecule has 0 radical (unpaired) electrons.